The molecular weight excluding hydrogens is 356 g/mol. The highest BCUT2D eigenvalue weighted by Crippen LogP contribution is 2.17. The van der Waals surface area contributed by atoms with E-state index in [-0.39, 0.29) is 6.10 Å². The molecule has 0 N–H and O–H groups in total. The minimum Gasteiger partial charge on any atom is -0.377 e. The van der Waals surface area contributed by atoms with E-state index in [2.05, 4.69) is 51.3 Å². The first kappa shape index (κ1) is 24.0. The lowest BCUT2D eigenvalue weighted by Gasteiger charge is -2.37. The minimum atomic E-state index is 0.273. The van der Waals surface area contributed by atoms with E-state index in [0.29, 0.717) is 30.5 Å². The SMILES string of the molecule is CC(C)OCCN1CC(C)OC(CCC(C)OCCN2C[C@@H](C)O[C@@H](C)C2)C1. The largest absolute Gasteiger partial charge is 0.377 e. The van der Waals surface area contributed by atoms with Gasteiger partial charge in [-0.15, -0.1) is 0 Å². The van der Waals surface area contributed by atoms with E-state index in [0.717, 1.165) is 65.3 Å². The van der Waals surface area contributed by atoms with Gasteiger partial charge in [-0.2, -0.15) is 0 Å². The Balaban J connectivity index is 1.59. The lowest BCUT2D eigenvalue weighted by atomic mass is 10.1. The maximum atomic E-state index is 6.16. The third kappa shape index (κ3) is 9.51. The first-order chi connectivity index (χ1) is 13.3. The summed E-state index contributed by atoms with van der Waals surface area (Å²) in [6.45, 7) is 20.4. The van der Waals surface area contributed by atoms with Gasteiger partial charge in [0, 0.05) is 39.3 Å². The van der Waals surface area contributed by atoms with Gasteiger partial charge < -0.3 is 18.9 Å². The maximum Gasteiger partial charge on any atom is 0.0707 e. The van der Waals surface area contributed by atoms with Crippen molar-refractivity contribution < 1.29 is 18.9 Å². The Hall–Kier alpha value is -0.240. The molecule has 166 valence electrons. The average molecular weight is 401 g/mol. The summed E-state index contributed by atoms with van der Waals surface area (Å²) < 4.78 is 23.7. The van der Waals surface area contributed by atoms with Crippen molar-refractivity contribution in [3.8, 4) is 0 Å². The summed E-state index contributed by atoms with van der Waals surface area (Å²) in [6.07, 6.45) is 3.91. The quantitative estimate of drug-likeness (QED) is 0.531. The Bertz CT molecular complexity index is 413. The molecule has 2 fully saturated rings. The van der Waals surface area contributed by atoms with Gasteiger partial charge in [0.2, 0.25) is 0 Å². The molecule has 6 nitrogen and oxygen atoms in total. The van der Waals surface area contributed by atoms with Crippen molar-refractivity contribution in [1.29, 1.82) is 0 Å². The second-order valence-electron chi connectivity index (χ2n) is 9.02. The fraction of sp³-hybridized carbons (Fsp3) is 1.00. The van der Waals surface area contributed by atoms with Crippen LogP contribution in [0.3, 0.4) is 0 Å². The van der Waals surface area contributed by atoms with E-state index in [1.165, 1.54) is 0 Å². The van der Waals surface area contributed by atoms with Gasteiger partial charge in [-0.05, 0) is 54.4 Å². The van der Waals surface area contributed by atoms with Crippen molar-refractivity contribution in [3.05, 3.63) is 0 Å². The zero-order valence-corrected chi connectivity index (χ0v) is 19.1. The van der Waals surface area contributed by atoms with Crippen LogP contribution in [-0.4, -0.2) is 98.9 Å². The van der Waals surface area contributed by atoms with Crippen LogP contribution in [0.5, 0.6) is 0 Å². The summed E-state index contributed by atoms with van der Waals surface area (Å²) in [7, 11) is 0. The van der Waals surface area contributed by atoms with Crippen LogP contribution >= 0.6 is 0 Å². The molecule has 0 saturated carbocycles. The molecule has 3 unspecified atom stereocenters. The van der Waals surface area contributed by atoms with Crippen LogP contribution in [0.2, 0.25) is 0 Å². The number of morpholine rings is 2. The van der Waals surface area contributed by atoms with E-state index in [1.54, 1.807) is 0 Å². The summed E-state index contributed by atoms with van der Waals surface area (Å²) >= 11 is 0. The molecule has 6 heteroatoms. The zero-order chi connectivity index (χ0) is 20.5. The Labute approximate surface area is 172 Å². The third-order valence-corrected chi connectivity index (χ3v) is 5.46. The molecule has 2 rings (SSSR count). The smallest absolute Gasteiger partial charge is 0.0707 e. The summed E-state index contributed by atoms with van der Waals surface area (Å²) in [6, 6.07) is 0. The molecular formula is C22H44N2O4. The van der Waals surface area contributed by atoms with Gasteiger partial charge in [-0.3, -0.25) is 9.80 Å². The van der Waals surface area contributed by atoms with Gasteiger partial charge in [0.25, 0.3) is 0 Å². The first-order valence-corrected chi connectivity index (χ1v) is 11.3. The number of hydrogen-bond acceptors (Lipinski definition) is 6. The molecule has 2 aliphatic heterocycles. The third-order valence-electron chi connectivity index (χ3n) is 5.46. The van der Waals surface area contributed by atoms with Crippen LogP contribution in [0, 0.1) is 0 Å². The number of ether oxygens (including phenoxy) is 4. The van der Waals surface area contributed by atoms with Crippen LogP contribution in [0.25, 0.3) is 0 Å². The maximum absolute atomic E-state index is 6.16. The van der Waals surface area contributed by atoms with E-state index in [4.69, 9.17) is 18.9 Å². The Kier molecular flexibility index (Phi) is 10.7. The fourth-order valence-electron chi connectivity index (χ4n) is 4.25. The van der Waals surface area contributed by atoms with Crippen molar-refractivity contribution in [2.75, 3.05) is 52.5 Å². The molecule has 2 heterocycles. The number of nitrogens with zero attached hydrogens (tertiary/aromatic N) is 2. The van der Waals surface area contributed by atoms with Crippen molar-refractivity contribution in [3.63, 3.8) is 0 Å². The van der Waals surface area contributed by atoms with Gasteiger partial charge in [0.15, 0.2) is 0 Å². The second kappa shape index (κ2) is 12.5. The molecule has 28 heavy (non-hydrogen) atoms. The van der Waals surface area contributed by atoms with Crippen LogP contribution in [-0.2, 0) is 18.9 Å². The average Bonchev–Trinajstić information content (AvgIpc) is 2.58. The highest BCUT2D eigenvalue weighted by atomic mass is 16.5. The zero-order valence-electron chi connectivity index (χ0n) is 19.1. The lowest BCUT2D eigenvalue weighted by molar-refractivity contribution is -0.0921. The molecule has 0 aromatic rings. The Morgan fingerprint density at radius 1 is 0.786 bits per heavy atom. The molecule has 5 atom stereocenters. The number of rotatable bonds is 11. The highest BCUT2D eigenvalue weighted by molar-refractivity contribution is 4.77. The minimum absolute atomic E-state index is 0.273. The van der Waals surface area contributed by atoms with E-state index >= 15 is 0 Å². The van der Waals surface area contributed by atoms with Crippen LogP contribution in [0.1, 0.15) is 54.4 Å². The Morgan fingerprint density at radius 3 is 1.93 bits per heavy atom. The molecule has 0 aromatic carbocycles. The molecule has 2 aliphatic rings. The standard InChI is InChI=1S/C22H44N2O4/c1-17(2)25-11-9-24-15-21(6)28-22(16-24)8-7-18(3)26-12-10-23-13-19(4)27-20(5)14-23/h17-22H,7-16H2,1-6H3/t18?,19-,20+,21?,22?. The number of hydrogen-bond donors (Lipinski definition) is 0. The fourth-order valence-corrected chi connectivity index (χ4v) is 4.25. The summed E-state index contributed by atoms with van der Waals surface area (Å²) in [5.74, 6) is 0. The molecule has 0 spiro atoms. The summed E-state index contributed by atoms with van der Waals surface area (Å²) in [5.41, 5.74) is 0. The normalized spacial score (nSPS) is 31.4. The predicted octanol–water partition coefficient (Wildman–Crippen LogP) is 2.80. The van der Waals surface area contributed by atoms with Gasteiger partial charge in [0.05, 0.1) is 49.8 Å². The predicted molar refractivity (Wildman–Crippen MR) is 113 cm³/mol. The summed E-state index contributed by atoms with van der Waals surface area (Å²) in [4.78, 5) is 4.93. The van der Waals surface area contributed by atoms with Crippen LogP contribution in [0.15, 0.2) is 0 Å². The molecule has 0 bridgehead atoms. The van der Waals surface area contributed by atoms with Crippen molar-refractivity contribution in [2.24, 2.45) is 0 Å². The lowest BCUT2D eigenvalue weighted by Crippen LogP contribution is -2.48. The molecule has 2 saturated heterocycles. The summed E-state index contributed by atoms with van der Waals surface area (Å²) in [5, 5.41) is 0. The van der Waals surface area contributed by atoms with Gasteiger partial charge >= 0.3 is 0 Å². The van der Waals surface area contributed by atoms with Crippen LogP contribution < -0.4 is 0 Å². The molecule has 0 aromatic heterocycles. The first-order valence-electron chi connectivity index (χ1n) is 11.3. The highest BCUT2D eigenvalue weighted by Gasteiger charge is 2.26. The van der Waals surface area contributed by atoms with Gasteiger partial charge in [0.1, 0.15) is 0 Å². The molecule has 0 amide bonds. The van der Waals surface area contributed by atoms with Crippen molar-refractivity contribution >= 4 is 0 Å². The second-order valence-corrected chi connectivity index (χ2v) is 9.02. The monoisotopic (exact) mass is 400 g/mol. The van der Waals surface area contributed by atoms with Crippen molar-refractivity contribution in [1.82, 2.24) is 9.80 Å². The van der Waals surface area contributed by atoms with E-state index in [9.17, 15) is 0 Å². The van der Waals surface area contributed by atoms with Gasteiger partial charge in [-0.1, -0.05) is 0 Å². The van der Waals surface area contributed by atoms with Gasteiger partial charge in [-0.25, -0.2) is 0 Å². The topological polar surface area (TPSA) is 43.4 Å². The Morgan fingerprint density at radius 2 is 1.32 bits per heavy atom. The molecule has 0 radical (unpaired) electrons. The van der Waals surface area contributed by atoms with Crippen molar-refractivity contribution in [2.45, 2.75) is 91.0 Å². The van der Waals surface area contributed by atoms with E-state index in [1.807, 2.05) is 0 Å². The van der Waals surface area contributed by atoms with Crippen LogP contribution in [0.4, 0.5) is 0 Å². The molecule has 0 aliphatic carbocycles. The van der Waals surface area contributed by atoms with E-state index < -0.39 is 0 Å².